The molecule has 0 bridgehead atoms. The van der Waals surface area contributed by atoms with Crippen molar-refractivity contribution >= 4 is 39.8 Å². The second-order valence-corrected chi connectivity index (χ2v) is 7.09. The molecule has 3 N–H and O–H groups in total. The summed E-state index contributed by atoms with van der Waals surface area (Å²) in [5, 5.41) is 7.12. The average Bonchev–Trinajstić information content (AvgIpc) is 3.24. The van der Waals surface area contributed by atoms with E-state index < -0.39 is 36.0 Å². The van der Waals surface area contributed by atoms with Gasteiger partial charge in [-0.1, -0.05) is 34.1 Å². The third kappa shape index (κ3) is 3.91. The van der Waals surface area contributed by atoms with Crippen molar-refractivity contribution in [2.24, 2.45) is 0 Å². The first-order valence-electron chi connectivity index (χ1n) is 8.30. The van der Waals surface area contributed by atoms with Crippen molar-refractivity contribution in [1.29, 1.82) is 0 Å². The largest absolute Gasteiger partial charge is 0.467 e. The van der Waals surface area contributed by atoms with Crippen molar-refractivity contribution in [3.05, 3.63) is 58.5 Å². The number of imide groups is 2. The quantitative estimate of drug-likeness (QED) is 0.602. The van der Waals surface area contributed by atoms with Gasteiger partial charge in [-0.25, -0.2) is 9.59 Å². The van der Waals surface area contributed by atoms with Gasteiger partial charge in [-0.05, 0) is 25.1 Å². The summed E-state index contributed by atoms with van der Waals surface area (Å²) < 4.78 is 5.71. The van der Waals surface area contributed by atoms with Gasteiger partial charge in [0.05, 0.1) is 12.8 Å². The molecule has 0 aliphatic carbocycles. The highest BCUT2D eigenvalue weighted by Crippen LogP contribution is 2.33. The Morgan fingerprint density at radius 1 is 1.21 bits per heavy atom. The molecule has 1 saturated heterocycles. The molecule has 10 heteroatoms. The van der Waals surface area contributed by atoms with Crippen LogP contribution in [0.15, 0.2) is 51.6 Å². The molecule has 2 aromatic rings. The average molecular weight is 449 g/mol. The van der Waals surface area contributed by atoms with Gasteiger partial charge in [0.1, 0.15) is 17.8 Å². The van der Waals surface area contributed by atoms with Gasteiger partial charge in [0, 0.05) is 10.0 Å². The summed E-state index contributed by atoms with van der Waals surface area (Å²) >= 11 is 3.36. The van der Waals surface area contributed by atoms with Crippen LogP contribution < -0.4 is 16.0 Å². The molecule has 6 amide bonds. The number of hydrogen-bond acceptors (Lipinski definition) is 5. The molecule has 28 heavy (non-hydrogen) atoms. The SMILES string of the molecule is CC1(c2ccccc2Br)NC(=O)N(CC(=O)NC(=O)NCc2ccco2)C1=O. The zero-order valence-electron chi connectivity index (χ0n) is 14.8. The van der Waals surface area contributed by atoms with Gasteiger partial charge in [-0.2, -0.15) is 0 Å². The van der Waals surface area contributed by atoms with Gasteiger partial charge in [0.2, 0.25) is 5.91 Å². The van der Waals surface area contributed by atoms with Crippen molar-refractivity contribution in [2.45, 2.75) is 19.0 Å². The molecule has 3 rings (SSSR count). The van der Waals surface area contributed by atoms with E-state index in [1.165, 1.54) is 6.26 Å². The van der Waals surface area contributed by atoms with E-state index >= 15 is 0 Å². The summed E-state index contributed by atoms with van der Waals surface area (Å²) in [6.45, 7) is 1.07. The number of halogens is 1. The molecule has 1 aromatic heterocycles. The highest BCUT2D eigenvalue weighted by molar-refractivity contribution is 9.10. The van der Waals surface area contributed by atoms with E-state index in [1.807, 2.05) is 0 Å². The minimum atomic E-state index is -1.32. The fourth-order valence-corrected chi connectivity index (χ4v) is 3.51. The monoisotopic (exact) mass is 448 g/mol. The van der Waals surface area contributed by atoms with Crippen molar-refractivity contribution in [3.8, 4) is 0 Å². The second kappa shape index (κ2) is 7.85. The Kier molecular flexibility index (Phi) is 5.50. The van der Waals surface area contributed by atoms with Crippen LogP contribution in [0.25, 0.3) is 0 Å². The Morgan fingerprint density at radius 2 is 1.96 bits per heavy atom. The van der Waals surface area contributed by atoms with Crippen molar-refractivity contribution < 1.29 is 23.6 Å². The Balaban J connectivity index is 1.61. The second-order valence-electron chi connectivity index (χ2n) is 6.24. The molecule has 0 saturated carbocycles. The van der Waals surface area contributed by atoms with Crippen LogP contribution in [0.4, 0.5) is 9.59 Å². The molecule has 1 unspecified atom stereocenters. The number of nitrogens with one attached hydrogen (secondary N) is 3. The Labute approximate surface area is 168 Å². The fourth-order valence-electron chi connectivity index (χ4n) is 2.82. The number of furan rings is 1. The first-order valence-corrected chi connectivity index (χ1v) is 9.10. The van der Waals surface area contributed by atoms with E-state index in [-0.39, 0.29) is 6.54 Å². The van der Waals surface area contributed by atoms with Crippen LogP contribution >= 0.6 is 15.9 Å². The zero-order valence-corrected chi connectivity index (χ0v) is 16.4. The maximum Gasteiger partial charge on any atom is 0.325 e. The van der Waals surface area contributed by atoms with E-state index in [2.05, 4.69) is 31.9 Å². The van der Waals surface area contributed by atoms with Gasteiger partial charge >= 0.3 is 12.1 Å². The Hall–Kier alpha value is -3.14. The predicted molar refractivity (Wildman–Crippen MR) is 101 cm³/mol. The number of carbonyl (C=O) groups is 4. The Bertz CT molecular complexity index is 930. The normalized spacial score (nSPS) is 18.7. The van der Waals surface area contributed by atoms with Crippen LogP contribution in [-0.4, -0.2) is 35.3 Å². The summed E-state index contributed by atoms with van der Waals surface area (Å²) in [7, 11) is 0. The van der Waals surface area contributed by atoms with Crippen LogP contribution in [-0.2, 0) is 21.7 Å². The lowest BCUT2D eigenvalue weighted by Crippen LogP contribution is -2.46. The molecule has 146 valence electrons. The van der Waals surface area contributed by atoms with E-state index in [4.69, 9.17) is 4.42 Å². The summed E-state index contributed by atoms with van der Waals surface area (Å²) in [5.41, 5.74) is -0.758. The van der Waals surface area contributed by atoms with Crippen LogP contribution in [0.3, 0.4) is 0 Å². The number of rotatable bonds is 5. The number of hydrogen-bond donors (Lipinski definition) is 3. The first-order chi connectivity index (χ1) is 13.3. The number of urea groups is 2. The van der Waals surface area contributed by atoms with Crippen molar-refractivity contribution in [3.63, 3.8) is 0 Å². The predicted octanol–water partition coefficient (Wildman–Crippen LogP) is 1.84. The van der Waals surface area contributed by atoms with E-state index in [0.29, 0.717) is 15.8 Å². The van der Waals surface area contributed by atoms with E-state index in [1.54, 1.807) is 43.3 Å². The van der Waals surface area contributed by atoms with Crippen molar-refractivity contribution in [2.75, 3.05) is 6.54 Å². The Morgan fingerprint density at radius 3 is 2.64 bits per heavy atom. The molecule has 1 aromatic carbocycles. The van der Waals surface area contributed by atoms with E-state index in [0.717, 1.165) is 4.90 Å². The molecule has 1 aliphatic heterocycles. The smallest absolute Gasteiger partial charge is 0.325 e. The minimum absolute atomic E-state index is 0.0926. The summed E-state index contributed by atoms with van der Waals surface area (Å²) in [4.78, 5) is 49.7. The van der Waals surface area contributed by atoms with Crippen LogP contribution in [0.1, 0.15) is 18.2 Å². The standard InChI is InChI=1S/C18H17BrN4O5/c1-18(12-6-2-3-7-13(12)19)15(25)23(17(27)22-18)10-14(24)21-16(26)20-9-11-5-4-8-28-11/h2-8H,9-10H2,1H3,(H,22,27)(H2,20,21,24,26). The molecule has 1 fully saturated rings. The lowest BCUT2D eigenvalue weighted by atomic mass is 9.92. The third-order valence-corrected chi connectivity index (χ3v) is 4.94. The van der Waals surface area contributed by atoms with Crippen LogP contribution in [0, 0.1) is 0 Å². The third-order valence-electron chi connectivity index (χ3n) is 4.25. The van der Waals surface area contributed by atoms with Gasteiger partial charge in [0.25, 0.3) is 5.91 Å². The highest BCUT2D eigenvalue weighted by Gasteiger charge is 2.50. The summed E-state index contributed by atoms with van der Waals surface area (Å²) in [6.07, 6.45) is 1.46. The van der Waals surface area contributed by atoms with Crippen LogP contribution in [0.5, 0.6) is 0 Å². The van der Waals surface area contributed by atoms with Crippen LogP contribution in [0.2, 0.25) is 0 Å². The molecule has 2 heterocycles. The molecule has 1 aliphatic rings. The zero-order chi connectivity index (χ0) is 20.3. The topological polar surface area (TPSA) is 121 Å². The summed E-state index contributed by atoms with van der Waals surface area (Å²) in [6, 6.07) is 8.83. The molecule has 9 nitrogen and oxygen atoms in total. The minimum Gasteiger partial charge on any atom is -0.467 e. The van der Waals surface area contributed by atoms with E-state index in [9.17, 15) is 19.2 Å². The van der Waals surface area contributed by atoms with Gasteiger partial charge in [0.15, 0.2) is 0 Å². The number of benzene rings is 1. The lowest BCUT2D eigenvalue weighted by molar-refractivity contribution is -0.134. The maximum atomic E-state index is 12.8. The molecular weight excluding hydrogens is 432 g/mol. The number of carbonyl (C=O) groups excluding carboxylic acids is 4. The number of nitrogens with zero attached hydrogens (tertiary/aromatic N) is 1. The lowest BCUT2D eigenvalue weighted by Gasteiger charge is -2.23. The maximum absolute atomic E-state index is 12.8. The molecule has 0 radical (unpaired) electrons. The molecular formula is C18H17BrN4O5. The van der Waals surface area contributed by atoms with Gasteiger partial charge in [-0.15, -0.1) is 0 Å². The number of amides is 6. The summed E-state index contributed by atoms with van der Waals surface area (Å²) in [5.74, 6) is -0.867. The fraction of sp³-hybridized carbons (Fsp3) is 0.222. The van der Waals surface area contributed by atoms with Gasteiger partial charge < -0.3 is 15.1 Å². The van der Waals surface area contributed by atoms with Gasteiger partial charge in [-0.3, -0.25) is 19.8 Å². The molecule has 1 atom stereocenters. The van der Waals surface area contributed by atoms with Crippen molar-refractivity contribution in [1.82, 2.24) is 20.9 Å². The first kappa shape index (κ1) is 19.6. The highest BCUT2D eigenvalue weighted by atomic mass is 79.9. The molecule has 0 spiro atoms.